The van der Waals surface area contributed by atoms with Crippen LogP contribution in [0.15, 0.2) is 53.9 Å². The number of amides is 1. The van der Waals surface area contributed by atoms with Crippen molar-refractivity contribution in [1.82, 2.24) is 14.8 Å². The van der Waals surface area contributed by atoms with E-state index >= 15 is 0 Å². The Bertz CT molecular complexity index is 1030. The third-order valence-corrected chi connectivity index (χ3v) is 6.27. The monoisotopic (exact) mass is 452 g/mol. The zero-order valence-corrected chi connectivity index (χ0v) is 19.2. The van der Waals surface area contributed by atoms with Crippen molar-refractivity contribution in [1.29, 1.82) is 0 Å². The summed E-state index contributed by atoms with van der Waals surface area (Å²) in [5.74, 6) is 1.36. The fourth-order valence-corrected chi connectivity index (χ4v) is 4.50. The molecule has 2 aromatic carbocycles. The molecule has 168 valence electrons. The number of piperazine rings is 1. The maximum Gasteiger partial charge on any atom is 0.240 e. The number of hydrogen-bond donors (Lipinski definition) is 1. The molecular formula is C24H28N4O3S. The second kappa shape index (κ2) is 10.6. The van der Waals surface area contributed by atoms with Crippen LogP contribution in [-0.2, 0) is 11.3 Å². The summed E-state index contributed by atoms with van der Waals surface area (Å²) >= 11 is 1.41. The molecule has 0 unspecified atom stereocenters. The molecule has 0 saturated carbocycles. The van der Waals surface area contributed by atoms with Gasteiger partial charge in [0.25, 0.3) is 0 Å². The van der Waals surface area contributed by atoms with Crippen LogP contribution in [0.2, 0.25) is 0 Å². The van der Waals surface area contributed by atoms with E-state index in [0.717, 1.165) is 49.7 Å². The summed E-state index contributed by atoms with van der Waals surface area (Å²) in [5.41, 5.74) is 2.95. The average Bonchev–Trinajstić information content (AvgIpc) is 3.28. The van der Waals surface area contributed by atoms with Crippen molar-refractivity contribution in [2.45, 2.75) is 6.54 Å². The fourth-order valence-electron chi connectivity index (χ4n) is 3.77. The van der Waals surface area contributed by atoms with E-state index in [-0.39, 0.29) is 5.91 Å². The third kappa shape index (κ3) is 5.64. The van der Waals surface area contributed by atoms with E-state index in [2.05, 4.69) is 44.4 Å². The van der Waals surface area contributed by atoms with Crippen molar-refractivity contribution in [2.75, 3.05) is 52.3 Å². The van der Waals surface area contributed by atoms with Crippen LogP contribution in [0.5, 0.6) is 11.5 Å². The highest BCUT2D eigenvalue weighted by molar-refractivity contribution is 7.14. The number of ether oxygens (including phenoxy) is 2. The summed E-state index contributed by atoms with van der Waals surface area (Å²) in [4.78, 5) is 21.8. The van der Waals surface area contributed by atoms with E-state index in [0.29, 0.717) is 17.4 Å². The molecule has 1 saturated heterocycles. The summed E-state index contributed by atoms with van der Waals surface area (Å²) in [6, 6.07) is 16.1. The Balaban J connectivity index is 1.28. The van der Waals surface area contributed by atoms with Crippen LogP contribution in [-0.4, -0.2) is 67.6 Å². The molecule has 0 aliphatic carbocycles. The molecule has 4 rings (SSSR count). The van der Waals surface area contributed by atoms with Crippen molar-refractivity contribution in [3.05, 3.63) is 59.5 Å². The first kappa shape index (κ1) is 22.3. The van der Waals surface area contributed by atoms with Gasteiger partial charge in [-0.05, 0) is 17.7 Å². The summed E-state index contributed by atoms with van der Waals surface area (Å²) in [5, 5.41) is 5.45. The Labute approximate surface area is 192 Å². The second-order valence-corrected chi connectivity index (χ2v) is 8.55. The molecular weight excluding hydrogens is 424 g/mol. The Morgan fingerprint density at radius 2 is 1.78 bits per heavy atom. The summed E-state index contributed by atoms with van der Waals surface area (Å²) < 4.78 is 10.7. The van der Waals surface area contributed by atoms with Crippen molar-refractivity contribution < 1.29 is 14.3 Å². The molecule has 8 heteroatoms. The molecule has 0 spiro atoms. The number of carbonyl (C=O) groups is 1. The highest BCUT2D eigenvalue weighted by atomic mass is 32.1. The molecule has 0 atom stereocenters. The van der Waals surface area contributed by atoms with Crippen LogP contribution in [0, 0.1) is 0 Å². The Hall–Kier alpha value is -2.94. The minimum Gasteiger partial charge on any atom is -0.497 e. The molecule has 2 heterocycles. The molecule has 0 bridgehead atoms. The SMILES string of the molecule is COc1ccc(-c2csc(NC(=O)CN3CCN(Cc4ccccc4)CC3)n2)c(OC)c1. The van der Waals surface area contributed by atoms with E-state index in [9.17, 15) is 4.79 Å². The van der Waals surface area contributed by atoms with Crippen molar-refractivity contribution in [3.63, 3.8) is 0 Å². The summed E-state index contributed by atoms with van der Waals surface area (Å²) in [7, 11) is 3.24. The first-order valence-corrected chi connectivity index (χ1v) is 11.5. The van der Waals surface area contributed by atoms with Gasteiger partial charge in [0, 0.05) is 49.7 Å². The minimum atomic E-state index is -0.0379. The van der Waals surface area contributed by atoms with Gasteiger partial charge in [-0.15, -0.1) is 11.3 Å². The second-order valence-electron chi connectivity index (χ2n) is 7.69. The van der Waals surface area contributed by atoms with E-state index in [4.69, 9.17) is 9.47 Å². The standard InChI is InChI=1S/C24H28N4O3S/c1-30-19-8-9-20(22(14-19)31-2)21-17-32-24(25-21)26-23(29)16-28-12-10-27(11-13-28)15-18-6-4-3-5-7-18/h3-9,14,17H,10-13,15-16H2,1-2H3,(H,25,26,29). The van der Waals surface area contributed by atoms with Gasteiger partial charge < -0.3 is 14.8 Å². The van der Waals surface area contributed by atoms with Gasteiger partial charge in [-0.3, -0.25) is 14.6 Å². The number of hydrogen-bond acceptors (Lipinski definition) is 7. The number of nitrogens with zero attached hydrogens (tertiary/aromatic N) is 3. The molecule has 3 aromatic rings. The van der Waals surface area contributed by atoms with Crippen LogP contribution in [0.3, 0.4) is 0 Å². The minimum absolute atomic E-state index is 0.0379. The van der Waals surface area contributed by atoms with E-state index in [1.54, 1.807) is 14.2 Å². The Kier molecular flexibility index (Phi) is 7.36. The lowest BCUT2D eigenvalue weighted by Gasteiger charge is -2.34. The fraction of sp³-hybridized carbons (Fsp3) is 0.333. The summed E-state index contributed by atoms with van der Waals surface area (Å²) in [6.45, 7) is 5.01. The summed E-state index contributed by atoms with van der Waals surface area (Å²) in [6.07, 6.45) is 0. The zero-order valence-electron chi connectivity index (χ0n) is 18.4. The van der Waals surface area contributed by atoms with Crippen LogP contribution in [0.1, 0.15) is 5.56 Å². The number of anilines is 1. The molecule has 7 nitrogen and oxygen atoms in total. The molecule has 32 heavy (non-hydrogen) atoms. The smallest absolute Gasteiger partial charge is 0.240 e. The zero-order chi connectivity index (χ0) is 22.3. The molecule has 0 radical (unpaired) electrons. The van der Waals surface area contributed by atoms with Crippen LogP contribution >= 0.6 is 11.3 Å². The van der Waals surface area contributed by atoms with Crippen molar-refractivity contribution in [2.24, 2.45) is 0 Å². The number of benzene rings is 2. The van der Waals surface area contributed by atoms with Gasteiger partial charge in [0.1, 0.15) is 11.5 Å². The maximum absolute atomic E-state index is 12.6. The molecule has 1 aromatic heterocycles. The number of aromatic nitrogens is 1. The van der Waals surface area contributed by atoms with E-state index in [1.807, 2.05) is 29.6 Å². The van der Waals surface area contributed by atoms with Crippen LogP contribution in [0.25, 0.3) is 11.3 Å². The van der Waals surface area contributed by atoms with Gasteiger partial charge in [0.2, 0.25) is 5.91 Å². The van der Waals surface area contributed by atoms with Gasteiger partial charge in [-0.25, -0.2) is 4.98 Å². The predicted octanol–water partition coefficient (Wildman–Crippen LogP) is 3.58. The highest BCUT2D eigenvalue weighted by Gasteiger charge is 2.20. The molecule has 1 aliphatic rings. The normalized spacial score (nSPS) is 14.8. The van der Waals surface area contributed by atoms with E-state index < -0.39 is 0 Å². The maximum atomic E-state index is 12.6. The number of carbonyl (C=O) groups excluding carboxylic acids is 1. The Morgan fingerprint density at radius 1 is 1.03 bits per heavy atom. The quantitative estimate of drug-likeness (QED) is 0.564. The van der Waals surface area contributed by atoms with Gasteiger partial charge >= 0.3 is 0 Å². The molecule has 1 N–H and O–H groups in total. The first-order valence-electron chi connectivity index (χ1n) is 10.6. The third-order valence-electron chi connectivity index (χ3n) is 5.52. The van der Waals surface area contributed by atoms with Crippen LogP contribution in [0.4, 0.5) is 5.13 Å². The van der Waals surface area contributed by atoms with E-state index in [1.165, 1.54) is 16.9 Å². The lowest BCUT2D eigenvalue weighted by atomic mass is 10.1. The topological polar surface area (TPSA) is 66.9 Å². The number of thiazole rings is 1. The highest BCUT2D eigenvalue weighted by Crippen LogP contribution is 2.34. The number of nitrogens with one attached hydrogen (secondary N) is 1. The predicted molar refractivity (Wildman–Crippen MR) is 127 cm³/mol. The lowest BCUT2D eigenvalue weighted by molar-refractivity contribution is -0.117. The average molecular weight is 453 g/mol. The molecule has 1 aliphatic heterocycles. The number of methoxy groups -OCH3 is 2. The van der Waals surface area contributed by atoms with Crippen LogP contribution < -0.4 is 14.8 Å². The molecule has 1 amide bonds. The number of rotatable bonds is 8. The molecule has 1 fully saturated rings. The Morgan fingerprint density at radius 3 is 2.50 bits per heavy atom. The lowest BCUT2D eigenvalue weighted by Crippen LogP contribution is -2.48. The van der Waals surface area contributed by atoms with Gasteiger partial charge in [-0.2, -0.15) is 0 Å². The van der Waals surface area contributed by atoms with Crippen molar-refractivity contribution in [3.8, 4) is 22.8 Å². The largest absolute Gasteiger partial charge is 0.497 e. The van der Waals surface area contributed by atoms with Gasteiger partial charge in [0.15, 0.2) is 5.13 Å². The van der Waals surface area contributed by atoms with Gasteiger partial charge in [-0.1, -0.05) is 30.3 Å². The van der Waals surface area contributed by atoms with Crippen molar-refractivity contribution >= 4 is 22.4 Å². The van der Waals surface area contributed by atoms with Gasteiger partial charge in [0.05, 0.1) is 26.5 Å². The first-order chi connectivity index (χ1) is 15.6.